The first-order valence-electron chi connectivity index (χ1n) is 20.7. The van der Waals surface area contributed by atoms with Gasteiger partial charge in [0, 0.05) is 37.4 Å². The minimum absolute atomic E-state index is 0. The molecule has 0 aliphatic heterocycles. The lowest BCUT2D eigenvalue weighted by molar-refractivity contribution is 0.426. The van der Waals surface area contributed by atoms with Crippen LogP contribution in [0.1, 0.15) is 7.43 Å². The van der Waals surface area contributed by atoms with Gasteiger partial charge in [0.1, 0.15) is 0 Å². The SMILES string of the molecule is Brc1ccc(-n2c3ccccc3c3ccccc32)cc1.C.OB(O)c1cccc2ccccc12.c1ccc2c(-c3ccc(-n4c5ccccc5c5ccccc54)cc3)cccc2c1. The number of benzene rings is 10. The van der Waals surface area contributed by atoms with Crippen molar-refractivity contribution in [1.29, 1.82) is 0 Å². The largest absolute Gasteiger partial charge is 0.489 e. The summed E-state index contributed by atoms with van der Waals surface area (Å²) in [6.45, 7) is 0. The molecule has 0 bridgehead atoms. The molecule has 6 heteroatoms. The average Bonchev–Trinajstić information content (AvgIpc) is 3.85. The molecule has 2 aromatic heterocycles. The summed E-state index contributed by atoms with van der Waals surface area (Å²) in [6.07, 6.45) is 0. The zero-order valence-electron chi connectivity index (χ0n) is 33.7. The molecule has 10 aromatic carbocycles. The first kappa shape index (κ1) is 41.2. The summed E-state index contributed by atoms with van der Waals surface area (Å²) in [5.74, 6) is 0. The Morgan fingerprint density at radius 1 is 0.333 bits per heavy atom. The average molecular weight is 880 g/mol. The second-order valence-corrected chi connectivity index (χ2v) is 16.1. The molecule has 12 rings (SSSR count). The number of fused-ring (bicyclic) bond motifs is 8. The number of nitrogens with zero attached hydrogens (tertiary/aromatic N) is 2. The topological polar surface area (TPSA) is 50.3 Å². The lowest BCUT2D eigenvalue weighted by atomic mass is 9.77. The van der Waals surface area contributed by atoms with E-state index < -0.39 is 7.12 Å². The zero-order valence-corrected chi connectivity index (χ0v) is 35.3. The van der Waals surface area contributed by atoms with Crippen LogP contribution in [-0.2, 0) is 0 Å². The van der Waals surface area contributed by atoms with Crippen LogP contribution in [0, 0.1) is 0 Å². The van der Waals surface area contributed by atoms with Crippen molar-refractivity contribution >= 4 is 93.7 Å². The summed E-state index contributed by atoms with van der Waals surface area (Å²) in [6, 6.07) is 80.0. The molecule has 0 unspecified atom stereocenters. The zero-order chi connectivity index (χ0) is 42.0. The molecular formula is C57H44BBrN2O2. The van der Waals surface area contributed by atoms with Crippen LogP contribution in [0.15, 0.2) is 235 Å². The number of rotatable bonds is 4. The fourth-order valence-corrected chi connectivity index (χ4v) is 9.00. The van der Waals surface area contributed by atoms with Gasteiger partial charge in [0.2, 0.25) is 0 Å². The lowest BCUT2D eigenvalue weighted by Gasteiger charge is -2.11. The molecule has 12 aromatic rings. The Hall–Kier alpha value is -7.22. The van der Waals surface area contributed by atoms with Crippen LogP contribution < -0.4 is 5.46 Å². The smallest absolute Gasteiger partial charge is 0.423 e. The van der Waals surface area contributed by atoms with Crippen LogP contribution in [0.3, 0.4) is 0 Å². The molecule has 4 nitrogen and oxygen atoms in total. The van der Waals surface area contributed by atoms with Gasteiger partial charge in [-0.25, -0.2) is 0 Å². The standard InChI is InChI=1S/C28H19N.C18H12BrN.C10H9BO2.CH4/c1-2-10-23-20(8-1)9-7-13-24(23)21-16-18-22(19-17-21)29-27-14-5-3-11-25(27)26-12-4-6-15-28(26)29;19-13-9-11-14(12-10-13)20-17-7-3-1-5-15(17)16-6-2-4-8-18(16)20;12-11(13)10-7-3-5-8-4-1-2-6-9(8)10;/h1-19H;1-12H;1-7,12-13H;1H4. The Balaban J connectivity index is 0.000000129. The summed E-state index contributed by atoms with van der Waals surface area (Å²) in [5.41, 5.74) is 10.4. The molecule has 0 aliphatic carbocycles. The quantitative estimate of drug-likeness (QED) is 0.173. The molecule has 0 atom stereocenters. The summed E-state index contributed by atoms with van der Waals surface area (Å²) in [7, 11) is -1.40. The van der Waals surface area contributed by atoms with E-state index in [-0.39, 0.29) is 7.43 Å². The Kier molecular flexibility index (Phi) is 11.8. The fraction of sp³-hybridized carbons (Fsp3) is 0.0175. The van der Waals surface area contributed by atoms with Crippen LogP contribution in [0.5, 0.6) is 0 Å². The number of para-hydroxylation sites is 4. The predicted octanol–water partition coefficient (Wildman–Crippen LogP) is 14.3. The van der Waals surface area contributed by atoms with Crippen LogP contribution in [-0.4, -0.2) is 26.3 Å². The first-order chi connectivity index (χ1) is 30.5. The van der Waals surface area contributed by atoms with Gasteiger partial charge in [0.25, 0.3) is 0 Å². The Morgan fingerprint density at radius 2 is 0.683 bits per heavy atom. The molecule has 0 saturated heterocycles. The molecule has 304 valence electrons. The van der Waals surface area contributed by atoms with E-state index in [9.17, 15) is 0 Å². The number of aromatic nitrogens is 2. The van der Waals surface area contributed by atoms with Gasteiger partial charge < -0.3 is 19.2 Å². The maximum atomic E-state index is 9.08. The molecule has 2 N–H and O–H groups in total. The third-order valence-electron chi connectivity index (χ3n) is 11.6. The van der Waals surface area contributed by atoms with Crippen molar-refractivity contribution in [1.82, 2.24) is 9.13 Å². The van der Waals surface area contributed by atoms with E-state index in [0.29, 0.717) is 5.46 Å². The van der Waals surface area contributed by atoms with Gasteiger partial charge in [-0.05, 0) is 98.8 Å². The highest BCUT2D eigenvalue weighted by atomic mass is 79.9. The van der Waals surface area contributed by atoms with E-state index in [1.165, 1.54) is 76.9 Å². The van der Waals surface area contributed by atoms with Gasteiger partial charge in [-0.15, -0.1) is 0 Å². The Morgan fingerprint density at radius 3 is 1.14 bits per heavy atom. The van der Waals surface area contributed by atoms with Gasteiger partial charge in [-0.2, -0.15) is 0 Å². The molecule has 0 radical (unpaired) electrons. The maximum absolute atomic E-state index is 9.08. The normalized spacial score (nSPS) is 11.0. The lowest BCUT2D eigenvalue weighted by Crippen LogP contribution is -2.30. The van der Waals surface area contributed by atoms with E-state index >= 15 is 0 Å². The van der Waals surface area contributed by atoms with Crippen molar-refractivity contribution in [2.24, 2.45) is 0 Å². The maximum Gasteiger partial charge on any atom is 0.489 e. The van der Waals surface area contributed by atoms with Crippen molar-refractivity contribution in [2.75, 3.05) is 0 Å². The highest BCUT2D eigenvalue weighted by molar-refractivity contribution is 9.10. The Labute approximate surface area is 375 Å². The summed E-state index contributed by atoms with van der Waals surface area (Å²) in [4.78, 5) is 0. The van der Waals surface area contributed by atoms with E-state index in [1.54, 1.807) is 6.07 Å². The molecule has 0 saturated carbocycles. The van der Waals surface area contributed by atoms with Gasteiger partial charge in [0.15, 0.2) is 0 Å². The molecule has 0 aliphatic rings. The van der Waals surface area contributed by atoms with Crippen LogP contribution >= 0.6 is 15.9 Å². The summed E-state index contributed by atoms with van der Waals surface area (Å²) >= 11 is 3.50. The number of halogens is 1. The minimum atomic E-state index is -1.40. The van der Waals surface area contributed by atoms with Crippen LogP contribution in [0.4, 0.5) is 0 Å². The monoisotopic (exact) mass is 878 g/mol. The van der Waals surface area contributed by atoms with Gasteiger partial charge in [-0.3, -0.25) is 0 Å². The van der Waals surface area contributed by atoms with Crippen molar-refractivity contribution in [2.45, 2.75) is 7.43 Å². The van der Waals surface area contributed by atoms with Crippen molar-refractivity contribution < 1.29 is 10.0 Å². The first-order valence-corrected chi connectivity index (χ1v) is 21.5. The minimum Gasteiger partial charge on any atom is -0.423 e. The van der Waals surface area contributed by atoms with E-state index in [4.69, 9.17) is 10.0 Å². The fourth-order valence-electron chi connectivity index (χ4n) is 8.73. The Bertz CT molecular complexity index is 3400. The summed E-state index contributed by atoms with van der Waals surface area (Å²) in [5, 5.41) is 27.8. The third-order valence-corrected chi connectivity index (χ3v) is 12.1. The molecule has 0 spiro atoms. The van der Waals surface area contributed by atoms with Gasteiger partial charge in [0.05, 0.1) is 22.1 Å². The third kappa shape index (κ3) is 7.92. The second kappa shape index (κ2) is 18.0. The summed E-state index contributed by atoms with van der Waals surface area (Å²) < 4.78 is 5.77. The van der Waals surface area contributed by atoms with E-state index in [2.05, 4.69) is 213 Å². The molecule has 0 amide bonds. The van der Waals surface area contributed by atoms with E-state index in [1.807, 2.05) is 36.4 Å². The number of hydrogen-bond acceptors (Lipinski definition) is 2. The number of hydrogen-bond donors (Lipinski definition) is 2. The van der Waals surface area contributed by atoms with Crippen molar-refractivity contribution in [3.8, 4) is 22.5 Å². The molecule has 0 fully saturated rings. The van der Waals surface area contributed by atoms with Crippen LogP contribution in [0.2, 0.25) is 0 Å². The molecule has 2 heterocycles. The molecule has 63 heavy (non-hydrogen) atoms. The van der Waals surface area contributed by atoms with E-state index in [0.717, 1.165) is 15.2 Å². The second-order valence-electron chi connectivity index (χ2n) is 15.2. The van der Waals surface area contributed by atoms with Crippen molar-refractivity contribution in [3.05, 3.63) is 235 Å². The predicted molar refractivity (Wildman–Crippen MR) is 273 cm³/mol. The highest BCUT2D eigenvalue weighted by Gasteiger charge is 2.14. The highest BCUT2D eigenvalue weighted by Crippen LogP contribution is 2.35. The van der Waals surface area contributed by atoms with Crippen molar-refractivity contribution in [3.63, 3.8) is 0 Å². The van der Waals surface area contributed by atoms with Gasteiger partial charge >= 0.3 is 7.12 Å². The molecular weight excluding hydrogens is 835 g/mol. The van der Waals surface area contributed by atoms with Crippen LogP contribution in [0.25, 0.3) is 87.7 Å². The van der Waals surface area contributed by atoms with Gasteiger partial charge in [-0.1, -0.05) is 193 Å².